The van der Waals surface area contributed by atoms with Gasteiger partial charge in [0.05, 0.1) is 16.6 Å². The summed E-state index contributed by atoms with van der Waals surface area (Å²) in [6, 6.07) is 5.68. The molecule has 0 bridgehead atoms. The third-order valence-corrected chi connectivity index (χ3v) is 3.73. The third kappa shape index (κ3) is 2.01. The average Bonchev–Trinajstić information content (AvgIpc) is 2.93. The molecule has 1 aromatic heterocycles. The van der Waals surface area contributed by atoms with Crippen LogP contribution in [0, 0.1) is 0 Å². The van der Waals surface area contributed by atoms with Crippen LogP contribution < -0.4 is 16.0 Å². The van der Waals surface area contributed by atoms with Gasteiger partial charge in [-0.1, -0.05) is 11.2 Å². The SMILES string of the molecule is CC1(NC(=O)O)CCN(c2cccc3c(N)noc23)C1. The first-order chi connectivity index (χ1) is 9.48. The number of anilines is 2. The van der Waals surface area contributed by atoms with Crippen LogP contribution in [0.5, 0.6) is 0 Å². The van der Waals surface area contributed by atoms with Crippen LogP contribution in [0.25, 0.3) is 11.0 Å². The summed E-state index contributed by atoms with van der Waals surface area (Å²) in [6.07, 6.45) is -0.268. The van der Waals surface area contributed by atoms with Crippen molar-refractivity contribution >= 4 is 28.6 Å². The fourth-order valence-corrected chi connectivity index (χ4v) is 2.74. The van der Waals surface area contributed by atoms with Gasteiger partial charge < -0.3 is 25.6 Å². The van der Waals surface area contributed by atoms with Gasteiger partial charge in [0.15, 0.2) is 11.4 Å². The van der Waals surface area contributed by atoms with E-state index in [-0.39, 0.29) is 0 Å². The van der Waals surface area contributed by atoms with E-state index in [0.29, 0.717) is 17.9 Å². The quantitative estimate of drug-likeness (QED) is 0.770. The van der Waals surface area contributed by atoms with Crippen molar-refractivity contribution < 1.29 is 14.4 Å². The fourth-order valence-electron chi connectivity index (χ4n) is 2.74. The van der Waals surface area contributed by atoms with Crippen molar-refractivity contribution in [1.29, 1.82) is 0 Å². The fraction of sp³-hybridized carbons (Fsp3) is 0.385. The van der Waals surface area contributed by atoms with E-state index in [9.17, 15) is 4.79 Å². The van der Waals surface area contributed by atoms with Gasteiger partial charge in [0, 0.05) is 13.1 Å². The maximum atomic E-state index is 10.8. The molecule has 0 aliphatic carbocycles. The zero-order valence-electron chi connectivity index (χ0n) is 11.1. The summed E-state index contributed by atoms with van der Waals surface area (Å²) in [5, 5.41) is 16.0. The van der Waals surface area contributed by atoms with Crippen molar-refractivity contribution in [2.24, 2.45) is 0 Å². The van der Waals surface area contributed by atoms with E-state index >= 15 is 0 Å². The Morgan fingerprint density at radius 3 is 3.15 bits per heavy atom. The highest BCUT2D eigenvalue weighted by atomic mass is 16.5. The van der Waals surface area contributed by atoms with Crippen LogP contribution in [0.3, 0.4) is 0 Å². The molecule has 2 heterocycles. The van der Waals surface area contributed by atoms with Gasteiger partial charge in [0.25, 0.3) is 0 Å². The van der Waals surface area contributed by atoms with Gasteiger partial charge in [0.1, 0.15) is 0 Å². The molecule has 1 unspecified atom stereocenters. The average molecular weight is 276 g/mol. The highest BCUT2D eigenvalue weighted by Gasteiger charge is 2.36. The smallest absolute Gasteiger partial charge is 0.405 e. The van der Waals surface area contributed by atoms with Crippen molar-refractivity contribution in [2.45, 2.75) is 18.9 Å². The first-order valence-corrected chi connectivity index (χ1v) is 6.38. The number of rotatable bonds is 2. The van der Waals surface area contributed by atoms with Crippen LogP contribution in [-0.2, 0) is 0 Å². The Morgan fingerprint density at radius 2 is 2.40 bits per heavy atom. The summed E-state index contributed by atoms with van der Waals surface area (Å²) in [5.41, 5.74) is 6.83. The molecular weight excluding hydrogens is 260 g/mol. The molecule has 7 heteroatoms. The summed E-state index contributed by atoms with van der Waals surface area (Å²) in [5.74, 6) is 0.368. The van der Waals surface area contributed by atoms with Gasteiger partial charge in [-0.15, -0.1) is 0 Å². The van der Waals surface area contributed by atoms with Gasteiger partial charge in [-0.2, -0.15) is 0 Å². The summed E-state index contributed by atoms with van der Waals surface area (Å²) in [6.45, 7) is 3.23. The van der Waals surface area contributed by atoms with Gasteiger partial charge in [0.2, 0.25) is 0 Å². The number of nitrogens with zero attached hydrogens (tertiary/aromatic N) is 2. The second kappa shape index (κ2) is 4.29. The number of para-hydroxylation sites is 1. The first kappa shape index (κ1) is 12.6. The van der Waals surface area contributed by atoms with E-state index in [4.69, 9.17) is 15.4 Å². The Balaban J connectivity index is 1.92. The second-order valence-electron chi connectivity index (χ2n) is 5.38. The topological polar surface area (TPSA) is 105 Å². The summed E-state index contributed by atoms with van der Waals surface area (Å²) in [7, 11) is 0. The summed E-state index contributed by atoms with van der Waals surface area (Å²) >= 11 is 0. The van der Waals surface area contributed by atoms with E-state index in [0.717, 1.165) is 24.0 Å². The Bertz CT molecular complexity index is 669. The van der Waals surface area contributed by atoms with Crippen molar-refractivity contribution in [3.63, 3.8) is 0 Å². The number of amides is 1. The van der Waals surface area contributed by atoms with E-state index in [1.54, 1.807) is 0 Å². The van der Waals surface area contributed by atoms with Crippen LogP contribution in [0.1, 0.15) is 13.3 Å². The highest BCUT2D eigenvalue weighted by Crippen LogP contribution is 2.34. The number of hydrogen-bond acceptors (Lipinski definition) is 5. The van der Waals surface area contributed by atoms with Crippen LogP contribution in [0.4, 0.5) is 16.3 Å². The standard InChI is InChI=1S/C13H16N4O3/c1-13(15-12(18)19)5-6-17(7-13)9-4-2-3-8-10(9)20-16-11(8)14/h2-4,15H,5-7H2,1H3,(H2,14,16)(H,18,19). The highest BCUT2D eigenvalue weighted by molar-refractivity contribution is 5.95. The van der Waals surface area contributed by atoms with Crippen LogP contribution in [0.15, 0.2) is 22.7 Å². The van der Waals surface area contributed by atoms with Crippen LogP contribution in [0.2, 0.25) is 0 Å². The van der Waals surface area contributed by atoms with E-state index in [1.165, 1.54) is 0 Å². The minimum atomic E-state index is -1.00. The Hall–Kier alpha value is -2.44. The molecule has 2 aromatic rings. The van der Waals surface area contributed by atoms with Crippen molar-refractivity contribution in [3.8, 4) is 0 Å². The molecule has 1 amide bonds. The number of nitrogens with one attached hydrogen (secondary N) is 1. The molecule has 0 radical (unpaired) electrons. The lowest BCUT2D eigenvalue weighted by molar-refractivity contribution is 0.182. The van der Waals surface area contributed by atoms with Crippen molar-refractivity contribution in [3.05, 3.63) is 18.2 Å². The minimum absolute atomic E-state index is 0.368. The minimum Gasteiger partial charge on any atom is -0.465 e. The molecule has 1 aromatic carbocycles. The molecule has 1 fully saturated rings. The number of carboxylic acid groups (broad SMARTS) is 1. The lowest BCUT2D eigenvalue weighted by atomic mass is 10.0. The molecule has 1 aliphatic heterocycles. The van der Waals surface area contributed by atoms with Gasteiger partial charge >= 0.3 is 6.09 Å². The number of benzene rings is 1. The lowest BCUT2D eigenvalue weighted by Crippen LogP contribution is -2.47. The second-order valence-corrected chi connectivity index (χ2v) is 5.38. The molecule has 3 rings (SSSR count). The van der Waals surface area contributed by atoms with Crippen molar-refractivity contribution in [1.82, 2.24) is 10.5 Å². The number of fused-ring (bicyclic) bond motifs is 1. The molecule has 106 valence electrons. The Kier molecular flexibility index (Phi) is 2.70. The summed E-state index contributed by atoms with van der Waals surface area (Å²) in [4.78, 5) is 12.9. The largest absolute Gasteiger partial charge is 0.465 e. The van der Waals surface area contributed by atoms with E-state index in [1.807, 2.05) is 25.1 Å². The zero-order valence-corrected chi connectivity index (χ0v) is 11.1. The van der Waals surface area contributed by atoms with E-state index in [2.05, 4.69) is 15.4 Å². The molecule has 1 aliphatic rings. The van der Waals surface area contributed by atoms with Crippen LogP contribution in [-0.4, -0.2) is 35.0 Å². The van der Waals surface area contributed by atoms with Crippen molar-refractivity contribution in [2.75, 3.05) is 23.7 Å². The third-order valence-electron chi connectivity index (χ3n) is 3.73. The molecule has 1 saturated heterocycles. The molecule has 0 saturated carbocycles. The monoisotopic (exact) mass is 276 g/mol. The zero-order chi connectivity index (χ0) is 14.3. The number of nitrogen functional groups attached to an aromatic ring is 1. The van der Waals surface area contributed by atoms with Gasteiger partial charge in [-0.05, 0) is 25.5 Å². The Morgan fingerprint density at radius 1 is 1.60 bits per heavy atom. The lowest BCUT2D eigenvalue weighted by Gasteiger charge is -2.25. The van der Waals surface area contributed by atoms with Gasteiger partial charge in [-0.25, -0.2) is 4.79 Å². The predicted octanol–water partition coefficient (Wildman–Crippen LogP) is 1.65. The van der Waals surface area contributed by atoms with Crippen LogP contribution >= 0.6 is 0 Å². The molecular formula is C13H16N4O3. The number of nitrogens with two attached hydrogens (primary N) is 1. The number of carbonyl (C=O) groups is 1. The Labute approximate surface area is 115 Å². The molecule has 1 atom stereocenters. The first-order valence-electron chi connectivity index (χ1n) is 6.38. The molecule has 7 nitrogen and oxygen atoms in total. The van der Waals surface area contributed by atoms with Gasteiger partial charge in [-0.3, -0.25) is 0 Å². The maximum absolute atomic E-state index is 10.8. The molecule has 20 heavy (non-hydrogen) atoms. The predicted molar refractivity (Wildman–Crippen MR) is 74.8 cm³/mol. The summed E-state index contributed by atoms with van der Waals surface area (Å²) < 4.78 is 5.29. The molecule has 4 N–H and O–H groups in total. The molecule has 0 spiro atoms. The maximum Gasteiger partial charge on any atom is 0.405 e. The normalized spacial score (nSPS) is 22.4. The number of aromatic nitrogens is 1. The van der Waals surface area contributed by atoms with E-state index < -0.39 is 11.6 Å². The number of hydrogen-bond donors (Lipinski definition) is 3.